The van der Waals surface area contributed by atoms with Crippen LogP contribution in [-0.4, -0.2) is 45.0 Å². The molecule has 42 heavy (non-hydrogen) atoms. The number of fused-ring (bicyclic) bond motifs is 2. The number of halogens is 4. The van der Waals surface area contributed by atoms with Crippen LogP contribution in [0, 0.1) is 23.6 Å². The number of hydrogen-bond acceptors (Lipinski definition) is 6. The minimum Gasteiger partial charge on any atom is -0.496 e. The average Bonchev–Trinajstić information content (AvgIpc) is 3.56. The Hall–Kier alpha value is -3.35. The van der Waals surface area contributed by atoms with Crippen LogP contribution in [0.5, 0.6) is 11.5 Å². The number of methoxy groups -OCH3 is 1. The highest BCUT2D eigenvalue weighted by atomic mass is 32.2. The molecule has 4 unspecified atom stereocenters. The second kappa shape index (κ2) is 11.7. The van der Waals surface area contributed by atoms with Crippen molar-refractivity contribution in [3.8, 4) is 11.5 Å². The van der Waals surface area contributed by atoms with Gasteiger partial charge < -0.3 is 20.1 Å². The van der Waals surface area contributed by atoms with Gasteiger partial charge in [0, 0.05) is 17.8 Å². The van der Waals surface area contributed by atoms with Crippen LogP contribution in [0.15, 0.2) is 41.3 Å². The molecular formula is C29H32F4N2O6S. The van der Waals surface area contributed by atoms with Crippen LogP contribution in [-0.2, 0) is 14.6 Å². The SMILES string of the molecule is COc1cc(F)c(OC2CCCCC2)cc1C(=O)NC1C2CCC(C2)C1C(=O)Nc1cccc(S(=O)(=O)C(F)(F)F)c1. The second-order valence-electron chi connectivity index (χ2n) is 11.2. The van der Waals surface area contributed by atoms with Gasteiger partial charge >= 0.3 is 5.51 Å². The Kier molecular flexibility index (Phi) is 8.41. The summed E-state index contributed by atoms with van der Waals surface area (Å²) in [5.74, 6) is -2.62. The fourth-order valence-electron chi connectivity index (χ4n) is 6.54. The molecule has 0 spiro atoms. The molecule has 0 radical (unpaired) electrons. The molecule has 2 bridgehead atoms. The van der Waals surface area contributed by atoms with E-state index in [0.717, 1.165) is 69.2 Å². The van der Waals surface area contributed by atoms with Gasteiger partial charge in [0.25, 0.3) is 15.7 Å². The van der Waals surface area contributed by atoms with Crippen molar-refractivity contribution < 1.29 is 45.0 Å². The third-order valence-corrected chi connectivity index (χ3v) is 10.1. The van der Waals surface area contributed by atoms with Crippen molar-refractivity contribution >= 4 is 27.3 Å². The lowest BCUT2D eigenvalue weighted by Crippen LogP contribution is -2.48. The molecule has 3 aliphatic rings. The zero-order valence-corrected chi connectivity index (χ0v) is 23.7. The number of nitrogens with one attached hydrogen (secondary N) is 2. The third kappa shape index (κ3) is 5.93. The van der Waals surface area contributed by atoms with Crippen molar-refractivity contribution in [3.63, 3.8) is 0 Å². The summed E-state index contributed by atoms with van der Waals surface area (Å²) in [7, 11) is -4.29. The van der Waals surface area contributed by atoms with E-state index in [4.69, 9.17) is 9.47 Å². The zero-order chi connectivity index (χ0) is 30.2. The third-order valence-electron chi connectivity index (χ3n) is 8.58. The van der Waals surface area contributed by atoms with Gasteiger partial charge in [-0.15, -0.1) is 0 Å². The molecule has 4 atom stereocenters. The molecule has 2 aromatic carbocycles. The van der Waals surface area contributed by atoms with Crippen molar-refractivity contribution in [1.82, 2.24) is 5.32 Å². The Morgan fingerprint density at radius 1 is 0.952 bits per heavy atom. The fraction of sp³-hybridized carbons (Fsp3) is 0.517. The second-order valence-corrected chi connectivity index (χ2v) is 13.1. The van der Waals surface area contributed by atoms with Crippen LogP contribution in [0.3, 0.4) is 0 Å². The molecule has 2 aromatic rings. The van der Waals surface area contributed by atoms with E-state index in [0.29, 0.717) is 6.42 Å². The summed E-state index contributed by atoms with van der Waals surface area (Å²) in [5.41, 5.74) is -5.54. The number of rotatable bonds is 8. The highest BCUT2D eigenvalue weighted by Gasteiger charge is 2.52. The molecule has 5 rings (SSSR count). The van der Waals surface area contributed by atoms with Gasteiger partial charge in [-0.05, 0) is 81.0 Å². The van der Waals surface area contributed by atoms with E-state index in [1.807, 2.05) is 0 Å². The van der Waals surface area contributed by atoms with Crippen molar-refractivity contribution in [3.05, 3.63) is 47.8 Å². The van der Waals surface area contributed by atoms with Gasteiger partial charge in [-0.25, -0.2) is 12.8 Å². The van der Waals surface area contributed by atoms with Crippen molar-refractivity contribution in [1.29, 1.82) is 0 Å². The first-order valence-electron chi connectivity index (χ1n) is 14.0. The number of carbonyl (C=O) groups is 2. The van der Waals surface area contributed by atoms with E-state index >= 15 is 0 Å². The zero-order valence-electron chi connectivity index (χ0n) is 22.9. The monoisotopic (exact) mass is 612 g/mol. The molecule has 0 aliphatic heterocycles. The van der Waals surface area contributed by atoms with Crippen LogP contribution < -0.4 is 20.1 Å². The van der Waals surface area contributed by atoms with Crippen LogP contribution in [0.4, 0.5) is 23.2 Å². The van der Waals surface area contributed by atoms with Gasteiger partial charge in [0.2, 0.25) is 5.91 Å². The summed E-state index contributed by atoms with van der Waals surface area (Å²) in [6, 6.07) is 5.79. The highest BCUT2D eigenvalue weighted by molar-refractivity contribution is 7.92. The summed E-state index contributed by atoms with van der Waals surface area (Å²) in [6.07, 6.45) is 6.65. The van der Waals surface area contributed by atoms with Crippen LogP contribution in [0.2, 0.25) is 0 Å². The Balaban J connectivity index is 1.34. The van der Waals surface area contributed by atoms with E-state index in [2.05, 4.69) is 10.6 Å². The lowest BCUT2D eigenvalue weighted by atomic mass is 9.83. The first kappa shape index (κ1) is 30.1. The first-order valence-corrected chi connectivity index (χ1v) is 15.4. The van der Waals surface area contributed by atoms with E-state index < -0.39 is 49.8 Å². The highest BCUT2D eigenvalue weighted by Crippen LogP contribution is 2.49. The number of alkyl halides is 3. The van der Waals surface area contributed by atoms with Crippen LogP contribution in [0.25, 0.3) is 0 Å². The molecular weight excluding hydrogens is 580 g/mol. The van der Waals surface area contributed by atoms with E-state index in [1.165, 1.54) is 19.2 Å². The summed E-state index contributed by atoms with van der Waals surface area (Å²) in [5, 5.41) is 5.47. The minimum absolute atomic E-state index is 0.00726. The molecule has 0 saturated heterocycles. The molecule has 8 nitrogen and oxygen atoms in total. The maximum absolute atomic E-state index is 14.8. The van der Waals surface area contributed by atoms with E-state index in [9.17, 15) is 35.6 Å². The van der Waals surface area contributed by atoms with Crippen molar-refractivity contribution in [2.75, 3.05) is 12.4 Å². The van der Waals surface area contributed by atoms with Gasteiger partial charge in [0.1, 0.15) is 5.75 Å². The topological polar surface area (TPSA) is 111 Å². The molecule has 2 N–H and O–H groups in total. The number of anilines is 1. The summed E-state index contributed by atoms with van der Waals surface area (Å²) in [4.78, 5) is 25.9. The maximum atomic E-state index is 14.8. The van der Waals surface area contributed by atoms with Crippen LogP contribution >= 0.6 is 0 Å². The predicted octanol–water partition coefficient (Wildman–Crippen LogP) is 5.62. The molecule has 228 valence electrons. The molecule has 2 amide bonds. The average molecular weight is 613 g/mol. The smallest absolute Gasteiger partial charge is 0.496 e. The quantitative estimate of drug-likeness (QED) is 0.375. The Morgan fingerprint density at radius 3 is 2.36 bits per heavy atom. The van der Waals surface area contributed by atoms with E-state index in [1.54, 1.807) is 0 Å². The Morgan fingerprint density at radius 2 is 1.67 bits per heavy atom. The standard InChI is InChI=1S/C29H32F4N2O6S/c1-40-23-15-22(30)24(41-19-7-3-2-4-8-19)14-21(23)27(36)35-26-17-11-10-16(12-17)25(26)28(37)34-18-6-5-9-20(13-18)42(38,39)29(31,32)33/h5-6,9,13-17,19,25-26H,2-4,7-8,10-12H2,1H3,(H,34,37)(H,35,36). The normalized spacial score (nSPS) is 24.3. The van der Waals surface area contributed by atoms with Crippen molar-refractivity contribution in [2.45, 2.75) is 73.9 Å². The van der Waals surface area contributed by atoms with Gasteiger partial charge in [-0.3, -0.25) is 9.59 Å². The Bertz CT molecular complexity index is 1460. The number of carbonyl (C=O) groups excluding carboxylic acids is 2. The summed E-state index contributed by atoms with van der Waals surface area (Å²) in [6.45, 7) is 0. The number of ether oxygens (including phenoxy) is 2. The molecule has 0 aromatic heterocycles. The molecule has 13 heteroatoms. The molecule has 3 aliphatic carbocycles. The fourth-order valence-corrected chi connectivity index (χ4v) is 7.35. The van der Waals surface area contributed by atoms with Gasteiger partial charge in [0.15, 0.2) is 11.6 Å². The molecule has 0 heterocycles. The number of sulfone groups is 1. The van der Waals surface area contributed by atoms with Gasteiger partial charge in [0.05, 0.1) is 29.6 Å². The summed E-state index contributed by atoms with van der Waals surface area (Å²) >= 11 is 0. The Labute approximate surface area is 241 Å². The largest absolute Gasteiger partial charge is 0.501 e. The summed E-state index contributed by atoms with van der Waals surface area (Å²) < 4.78 is 88.8. The number of amides is 2. The number of benzene rings is 2. The van der Waals surface area contributed by atoms with Gasteiger partial charge in [-0.1, -0.05) is 12.5 Å². The first-order chi connectivity index (χ1) is 19.9. The van der Waals surface area contributed by atoms with Crippen LogP contribution in [0.1, 0.15) is 61.7 Å². The molecule has 3 fully saturated rings. The van der Waals surface area contributed by atoms with Gasteiger partial charge in [-0.2, -0.15) is 13.2 Å². The lowest BCUT2D eigenvalue weighted by Gasteiger charge is -2.31. The lowest BCUT2D eigenvalue weighted by molar-refractivity contribution is -0.122. The minimum atomic E-state index is -5.60. The maximum Gasteiger partial charge on any atom is 0.501 e. The van der Waals surface area contributed by atoms with E-state index in [-0.39, 0.29) is 40.7 Å². The van der Waals surface area contributed by atoms with Crippen molar-refractivity contribution in [2.24, 2.45) is 17.8 Å². The number of hydrogen-bond donors (Lipinski definition) is 2. The molecule has 3 saturated carbocycles. The predicted molar refractivity (Wildman–Crippen MR) is 144 cm³/mol.